The topological polar surface area (TPSA) is 26.3 Å². The quantitative estimate of drug-likeness (QED) is 0.510. The maximum atomic E-state index is 10.3. The molecular formula is C5H9O2Zn. The molecule has 0 saturated heterocycles. The molecule has 43 valence electrons. The van der Waals surface area contributed by atoms with Gasteiger partial charge in [-0.1, -0.05) is 0 Å². The van der Waals surface area contributed by atoms with Crippen molar-refractivity contribution < 1.29 is 27.8 Å². The molecule has 0 bridgehead atoms. The van der Waals surface area contributed by atoms with E-state index in [1.165, 1.54) is 0 Å². The van der Waals surface area contributed by atoms with Gasteiger partial charge >= 0.3 is 58.8 Å². The zero-order valence-corrected chi connectivity index (χ0v) is 8.49. The summed E-state index contributed by atoms with van der Waals surface area (Å²) in [6, 6.07) is 0. The molecule has 0 saturated carbocycles. The van der Waals surface area contributed by atoms with E-state index in [1.54, 1.807) is 0 Å². The van der Waals surface area contributed by atoms with Crippen molar-refractivity contribution >= 4 is 4.56 Å². The third-order valence-corrected chi connectivity index (χ3v) is 0.723. The molecule has 0 spiro atoms. The molecule has 0 aliphatic rings. The molecule has 0 amide bonds. The monoisotopic (exact) mass is 165 g/mol. The number of hydrogen-bond acceptors (Lipinski definition) is 2. The number of rotatable bonds is 0. The zero-order chi connectivity index (χ0) is 6.78. The Kier molecular flexibility index (Phi) is 2.62. The summed E-state index contributed by atoms with van der Waals surface area (Å²) >= 11 is 0.581. The van der Waals surface area contributed by atoms with Gasteiger partial charge in [-0.2, -0.15) is 0 Å². The minimum atomic E-state index is -0.296. The second-order valence-corrected chi connectivity index (χ2v) is 3.80. The van der Waals surface area contributed by atoms with Gasteiger partial charge < -0.3 is 0 Å². The van der Waals surface area contributed by atoms with Gasteiger partial charge in [0.2, 0.25) is 0 Å². The third-order valence-electron chi connectivity index (χ3n) is 0.420. The first-order chi connectivity index (χ1) is 3.42. The van der Waals surface area contributed by atoms with Gasteiger partial charge in [0.15, 0.2) is 0 Å². The van der Waals surface area contributed by atoms with E-state index >= 15 is 0 Å². The van der Waals surface area contributed by atoms with Crippen LogP contribution in [-0.2, 0) is 23.0 Å². The van der Waals surface area contributed by atoms with Crippen LogP contribution < -0.4 is 0 Å². The van der Waals surface area contributed by atoms with E-state index in [-0.39, 0.29) is 10.2 Å². The molecule has 0 N–H and O–H groups in total. The van der Waals surface area contributed by atoms with Crippen LogP contribution in [0, 0.1) is 0 Å². The van der Waals surface area contributed by atoms with Crippen LogP contribution in [-0.4, -0.2) is 10.2 Å². The molecule has 0 aliphatic heterocycles. The van der Waals surface area contributed by atoms with Gasteiger partial charge in [-0.15, -0.1) is 0 Å². The Morgan fingerprint density at radius 3 is 1.88 bits per heavy atom. The van der Waals surface area contributed by atoms with Crippen LogP contribution in [0.15, 0.2) is 0 Å². The average Bonchev–Trinajstić information content (AvgIpc) is 1.21. The molecule has 0 atom stereocenters. The van der Waals surface area contributed by atoms with E-state index in [0.29, 0.717) is 18.3 Å². The van der Waals surface area contributed by atoms with Gasteiger partial charge in [-0.25, -0.2) is 0 Å². The maximum absolute atomic E-state index is 10.3. The summed E-state index contributed by atoms with van der Waals surface area (Å²) in [6.45, 7) is 5.58. The van der Waals surface area contributed by atoms with Crippen molar-refractivity contribution in [1.29, 1.82) is 0 Å². The molecule has 0 rings (SSSR count). The van der Waals surface area contributed by atoms with Crippen LogP contribution in [0.5, 0.6) is 0 Å². The number of hydrogen-bond donors (Lipinski definition) is 0. The Labute approximate surface area is 59.3 Å². The number of ether oxygens (including phenoxy) is 1. The van der Waals surface area contributed by atoms with E-state index < -0.39 is 0 Å². The van der Waals surface area contributed by atoms with Crippen molar-refractivity contribution in [2.75, 3.05) is 0 Å². The molecule has 0 aromatic heterocycles. The van der Waals surface area contributed by atoms with Crippen molar-refractivity contribution in [3.63, 3.8) is 0 Å². The third kappa shape index (κ3) is 6.09. The summed E-state index contributed by atoms with van der Waals surface area (Å²) in [6.07, 6.45) is 0. The number of carbonyl (C=O) groups is 1. The zero-order valence-electron chi connectivity index (χ0n) is 5.52. The molecule has 0 fully saturated rings. The molecular weight excluding hydrogens is 157 g/mol. The molecule has 0 aliphatic carbocycles. The second-order valence-electron chi connectivity index (χ2n) is 2.59. The standard InChI is InChI=1S/C5H9O2.Zn/c1-5(2,3)7-4-6;/h1-3H3;. The van der Waals surface area contributed by atoms with Crippen LogP contribution in [0.25, 0.3) is 0 Å². The summed E-state index contributed by atoms with van der Waals surface area (Å²) in [5, 5.41) is 0. The first kappa shape index (κ1) is 8.09. The van der Waals surface area contributed by atoms with E-state index in [0.717, 1.165) is 0 Å². The van der Waals surface area contributed by atoms with Gasteiger partial charge in [0.25, 0.3) is 0 Å². The summed E-state index contributed by atoms with van der Waals surface area (Å²) in [5.41, 5.74) is -0.296. The van der Waals surface area contributed by atoms with Gasteiger partial charge in [0.05, 0.1) is 0 Å². The Morgan fingerprint density at radius 2 is 1.88 bits per heavy atom. The van der Waals surface area contributed by atoms with Crippen molar-refractivity contribution in [1.82, 2.24) is 0 Å². The fraction of sp³-hybridized carbons (Fsp3) is 0.800. The summed E-state index contributed by atoms with van der Waals surface area (Å²) < 4.78 is 4.75. The van der Waals surface area contributed by atoms with Gasteiger partial charge in [-0.3, -0.25) is 0 Å². The van der Waals surface area contributed by atoms with Crippen LogP contribution in [0.4, 0.5) is 4.79 Å². The summed E-state index contributed by atoms with van der Waals surface area (Å²) in [5.74, 6) is 0. The van der Waals surface area contributed by atoms with Crippen LogP contribution >= 0.6 is 0 Å². The predicted molar refractivity (Wildman–Crippen MR) is 26.2 cm³/mol. The van der Waals surface area contributed by atoms with E-state index in [4.69, 9.17) is 4.74 Å². The van der Waals surface area contributed by atoms with Crippen molar-refractivity contribution in [3.8, 4) is 0 Å². The molecule has 0 aromatic carbocycles. The first-order valence-electron chi connectivity index (χ1n) is 2.47. The Morgan fingerprint density at radius 1 is 1.50 bits per heavy atom. The predicted octanol–water partition coefficient (Wildman–Crippen LogP) is 1.47. The second kappa shape index (κ2) is 2.59. The van der Waals surface area contributed by atoms with Crippen LogP contribution in [0.3, 0.4) is 0 Å². The molecule has 0 unspecified atom stereocenters. The number of carbonyl (C=O) groups excluding carboxylic acids is 1. The fourth-order valence-corrected chi connectivity index (χ4v) is 1.25. The molecule has 0 aromatic rings. The summed E-state index contributed by atoms with van der Waals surface area (Å²) in [4.78, 5) is 10.3. The van der Waals surface area contributed by atoms with Crippen molar-refractivity contribution in [2.45, 2.75) is 26.4 Å². The van der Waals surface area contributed by atoms with Gasteiger partial charge in [-0.05, 0) is 0 Å². The minimum absolute atomic E-state index is 0.0995. The average molecular weight is 167 g/mol. The fourth-order valence-electron chi connectivity index (χ4n) is 0.342. The van der Waals surface area contributed by atoms with E-state index in [9.17, 15) is 4.79 Å². The Balaban J connectivity index is 3.55. The Hall–Kier alpha value is 0.0934. The van der Waals surface area contributed by atoms with Gasteiger partial charge in [0, 0.05) is 0 Å². The van der Waals surface area contributed by atoms with Crippen molar-refractivity contribution in [2.24, 2.45) is 0 Å². The SMILES string of the molecule is CC(C)(C)O[C](=O)[Zn]. The summed E-state index contributed by atoms with van der Waals surface area (Å²) in [7, 11) is 0. The van der Waals surface area contributed by atoms with Crippen LogP contribution in [0.2, 0.25) is 0 Å². The molecule has 0 heterocycles. The molecule has 8 heavy (non-hydrogen) atoms. The first-order valence-corrected chi connectivity index (χ1v) is 3.95. The molecule has 3 heteroatoms. The van der Waals surface area contributed by atoms with E-state index in [2.05, 4.69) is 0 Å². The molecule has 2 nitrogen and oxygen atoms in total. The normalized spacial score (nSPS) is 11.1. The van der Waals surface area contributed by atoms with Crippen LogP contribution in [0.1, 0.15) is 20.8 Å². The Bertz CT molecular complexity index is 93.1. The molecule has 0 radical (unpaired) electrons. The van der Waals surface area contributed by atoms with Crippen molar-refractivity contribution in [3.05, 3.63) is 0 Å². The van der Waals surface area contributed by atoms with E-state index in [1.807, 2.05) is 20.8 Å². The van der Waals surface area contributed by atoms with Gasteiger partial charge in [0.1, 0.15) is 0 Å².